The monoisotopic (exact) mass is 634 g/mol. The van der Waals surface area contributed by atoms with Crippen LogP contribution in [0.25, 0.3) is 0 Å². The van der Waals surface area contributed by atoms with E-state index >= 15 is 0 Å². The second-order valence-electron chi connectivity index (χ2n) is 14.0. The van der Waals surface area contributed by atoms with Gasteiger partial charge in [0.1, 0.15) is 17.7 Å². The van der Waals surface area contributed by atoms with Gasteiger partial charge in [-0.15, -0.1) is 5.92 Å². The van der Waals surface area contributed by atoms with Crippen LogP contribution < -0.4 is 10.6 Å². The molecule has 2 bridgehead atoms. The number of hydrogen-bond acceptors (Lipinski definition) is 6. The van der Waals surface area contributed by atoms with Gasteiger partial charge in [-0.1, -0.05) is 26.7 Å². The maximum atomic E-state index is 13.6. The third-order valence-corrected chi connectivity index (χ3v) is 9.85. The number of alkyl carbamates (subject to hydrolysis) is 1. The Morgan fingerprint density at radius 3 is 2.48 bits per heavy atom. The summed E-state index contributed by atoms with van der Waals surface area (Å²) < 4.78 is 18.6. The molecule has 0 spiro atoms. The zero-order valence-electron chi connectivity index (χ0n) is 25.5. The van der Waals surface area contributed by atoms with E-state index in [4.69, 9.17) is 14.0 Å². The summed E-state index contributed by atoms with van der Waals surface area (Å²) in [7, 11) is -0.512. The molecule has 6 fully saturated rings. The van der Waals surface area contributed by atoms with Crippen molar-refractivity contribution in [3.63, 3.8) is 0 Å². The molecule has 0 aromatic heterocycles. The van der Waals surface area contributed by atoms with Crippen molar-refractivity contribution < 1.29 is 61.1 Å². The topological polar surface area (TPSA) is 106 Å². The van der Waals surface area contributed by atoms with Gasteiger partial charge in [-0.25, -0.2) is 4.79 Å². The van der Waals surface area contributed by atoms with Gasteiger partial charge in [-0.05, 0) is 83.6 Å². The molecule has 3 amide bonds. The first-order valence-corrected chi connectivity index (χ1v) is 14.5. The Kier molecular flexibility index (Phi) is 10.2. The summed E-state index contributed by atoms with van der Waals surface area (Å²) >= 11 is 0. The Bertz CT molecular complexity index is 976. The van der Waals surface area contributed by atoms with E-state index in [2.05, 4.69) is 38.3 Å². The van der Waals surface area contributed by atoms with Gasteiger partial charge < -0.3 is 43.9 Å². The van der Waals surface area contributed by atoms with Crippen molar-refractivity contribution in [3.8, 4) is 0 Å². The quantitative estimate of drug-likeness (QED) is 0.355. The SMILES string of the molecule is [CH2-]C1CC2C(=O)NC(B3OC4CC5CC(C5(C)C)C4(C)O3)CCCCC(NC(=O)OC(C)(C)C)C(=O)N2C1.[CH3-].[Y]. The largest absolute Gasteiger partial charge is 0.481 e. The minimum absolute atomic E-state index is 0. The fraction of sp³-hybridized carbons (Fsp3) is 0.828. The van der Waals surface area contributed by atoms with E-state index in [0.29, 0.717) is 44.1 Å². The molecule has 3 saturated carbocycles. The van der Waals surface area contributed by atoms with E-state index < -0.39 is 30.9 Å². The molecule has 223 valence electrons. The molecule has 6 aliphatic rings. The second kappa shape index (κ2) is 12.1. The maximum absolute atomic E-state index is 13.6. The van der Waals surface area contributed by atoms with Gasteiger partial charge in [0, 0.05) is 32.7 Å². The molecule has 2 N–H and O–H groups in total. The van der Waals surface area contributed by atoms with Crippen molar-refractivity contribution in [2.24, 2.45) is 23.2 Å². The molecule has 11 heteroatoms. The number of nitrogens with zero attached hydrogens (tertiary/aromatic N) is 1. The van der Waals surface area contributed by atoms with Crippen LogP contribution in [0.2, 0.25) is 0 Å². The first-order chi connectivity index (χ1) is 17.7. The molecule has 9 nitrogen and oxygen atoms in total. The minimum Gasteiger partial charge on any atom is -0.444 e. The Labute approximate surface area is 266 Å². The Morgan fingerprint density at radius 2 is 1.82 bits per heavy atom. The molecule has 3 aliphatic heterocycles. The van der Waals surface area contributed by atoms with E-state index in [1.807, 2.05) is 0 Å². The van der Waals surface area contributed by atoms with Crippen LogP contribution in [0.5, 0.6) is 0 Å². The minimum atomic E-state index is -0.753. The molecular formula is C29H48BN3O6Y-2. The summed E-state index contributed by atoms with van der Waals surface area (Å²) in [6, 6.07) is -1.39. The fourth-order valence-corrected chi connectivity index (χ4v) is 7.66. The van der Waals surface area contributed by atoms with Gasteiger partial charge in [0.25, 0.3) is 0 Å². The van der Waals surface area contributed by atoms with Gasteiger partial charge in [0.15, 0.2) is 0 Å². The number of rotatable bonds is 2. The zero-order chi connectivity index (χ0) is 27.6. The fourth-order valence-electron chi connectivity index (χ4n) is 7.66. The van der Waals surface area contributed by atoms with Gasteiger partial charge in [0.2, 0.25) is 11.8 Å². The van der Waals surface area contributed by atoms with Crippen molar-refractivity contribution in [2.75, 3.05) is 6.54 Å². The molecule has 6 rings (SSSR count). The van der Waals surface area contributed by atoms with Crippen molar-refractivity contribution in [1.29, 1.82) is 0 Å². The summed E-state index contributed by atoms with van der Waals surface area (Å²) in [6.45, 7) is 16.7. The van der Waals surface area contributed by atoms with E-state index in [-0.39, 0.29) is 80.9 Å². The van der Waals surface area contributed by atoms with Crippen molar-refractivity contribution in [3.05, 3.63) is 14.4 Å². The van der Waals surface area contributed by atoms with Gasteiger partial charge >= 0.3 is 13.2 Å². The van der Waals surface area contributed by atoms with Gasteiger partial charge in [-0.2, -0.15) is 0 Å². The van der Waals surface area contributed by atoms with Crippen LogP contribution in [0.3, 0.4) is 0 Å². The van der Waals surface area contributed by atoms with Crippen LogP contribution in [-0.2, 0) is 56.3 Å². The van der Waals surface area contributed by atoms with Crippen LogP contribution in [0.15, 0.2) is 0 Å². The number of carbonyl (C=O) groups is 3. The molecule has 8 unspecified atom stereocenters. The Balaban J connectivity index is 0.00000220. The summed E-state index contributed by atoms with van der Waals surface area (Å²) in [5.41, 5.74) is -0.784. The van der Waals surface area contributed by atoms with E-state index in [0.717, 1.165) is 12.8 Å². The summed E-state index contributed by atoms with van der Waals surface area (Å²) in [5.74, 6) is 0.265. The van der Waals surface area contributed by atoms with Gasteiger partial charge in [-0.3, -0.25) is 9.59 Å². The van der Waals surface area contributed by atoms with Crippen LogP contribution >= 0.6 is 0 Å². The molecule has 3 saturated heterocycles. The first kappa shape index (κ1) is 33.8. The Morgan fingerprint density at radius 1 is 1.15 bits per heavy atom. The number of nitrogens with one attached hydrogen (secondary N) is 2. The number of amides is 3. The molecule has 0 aromatic rings. The van der Waals surface area contributed by atoms with Crippen molar-refractivity contribution in [1.82, 2.24) is 15.5 Å². The average Bonchev–Trinajstić information content (AvgIpc) is 3.36. The smallest absolute Gasteiger partial charge is 0.444 e. The number of carbonyl (C=O) groups excluding carboxylic acids is 3. The molecule has 3 aliphatic carbocycles. The van der Waals surface area contributed by atoms with Crippen LogP contribution in [-0.4, -0.2) is 71.8 Å². The summed E-state index contributed by atoms with van der Waals surface area (Å²) in [4.78, 5) is 41.3. The molecule has 40 heavy (non-hydrogen) atoms. The second-order valence-corrected chi connectivity index (χ2v) is 14.0. The number of hydrogen-bond donors (Lipinski definition) is 2. The number of ether oxygens (including phenoxy) is 1. The molecule has 3 heterocycles. The molecule has 8 atom stereocenters. The van der Waals surface area contributed by atoms with Crippen molar-refractivity contribution >= 4 is 25.0 Å². The molecule has 1 radical (unpaired) electrons. The Hall–Kier alpha value is -0.701. The zero-order valence-corrected chi connectivity index (χ0v) is 28.3. The molecule has 0 aromatic carbocycles. The van der Waals surface area contributed by atoms with Crippen LogP contribution in [0.4, 0.5) is 4.79 Å². The predicted molar refractivity (Wildman–Crippen MR) is 149 cm³/mol. The maximum Gasteiger partial charge on any atom is 0.481 e. The van der Waals surface area contributed by atoms with Crippen molar-refractivity contribution in [2.45, 2.75) is 122 Å². The van der Waals surface area contributed by atoms with Crippen LogP contribution in [0, 0.1) is 37.5 Å². The number of fused-ring (bicyclic) bond motifs is 1. The van der Waals surface area contributed by atoms with E-state index in [1.165, 1.54) is 6.42 Å². The summed E-state index contributed by atoms with van der Waals surface area (Å²) in [5, 5.41) is 5.98. The first-order valence-electron chi connectivity index (χ1n) is 14.5. The third-order valence-electron chi connectivity index (χ3n) is 9.85. The van der Waals surface area contributed by atoms with E-state index in [1.54, 1.807) is 25.7 Å². The standard InChI is InChI=1S/C28H45BN3O6.CH3.Y/c1-16-12-19-23(33)31-22(29-37-21-14-17-13-20(27(17,5)6)28(21,7)38-29)11-9-8-10-18(24(34)32(19)15-16)30-25(35)36-26(2,3)4;;/h16-22H,1,8-15H2,2-7H3,(H,30,35)(H,31,33);1H3;/q2*-1;. The molecular weight excluding hydrogens is 586 g/mol. The normalized spacial score (nSPS) is 38.8. The van der Waals surface area contributed by atoms with Gasteiger partial charge in [0.05, 0.1) is 17.6 Å². The average molecular weight is 634 g/mol. The van der Waals surface area contributed by atoms with Crippen LogP contribution in [0.1, 0.15) is 86.5 Å². The predicted octanol–water partition coefficient (Wildman–Crippen LogP) is 3.70. The summed E-state index contributed by atoms with van der Waals surface area (Å²) in [6.07, 6.45) is 4.65. The van der Waals surface area contributed by atoms with E-state index in [9.17, 15) is 14.4 Å². The third kappa shape index (κ3) is 6.30.